The number of aryl methyl sites for hydroxylation is 1. The van der Waals surface area contributed by atoms with Crippen molar-refractivity contribution < 1.29 is 28.6 Å². The molecule has 0 spiro atoms. The summed E-state index contributed by atoms with van der Waals surface area (Å²) >= 11 is 0. The fourth-order valence-corrected chi connectivity index (χ4v) is 4.09. The lowest BCUT2D eigenvalue weighted by Crippen LogP contribution is -2.43. The maximum atomic E-state index is 13.0. The van der Waals surface area contributed by atoms with Crippen LogP contribution in [0.4, 0.5) is 5.69 Å². The molecule has 2 heterocycles. The first-order valence-corrected chi connectivity index (χ1v) is 10.1. The van der Waals surface area contributed by atoms with Crippen LogP contribution in [-0.2, 0) is 20.7 Å². The first kappa shape index (κ1) is 20.7. The number of methoxy groups -OCH3 is 2. The summed E-state index contributed by atoms with van der Waals surface area (Å²) in [6.07, 6.45) is 0.452. The van der Waals surface area contributed by atoms with Crippen molar-refractivity contribution in [2.75, 3.05) is 19.5 Å². The number of nitrogens with zero attached hydrogens (tertiary/aromatic N) is 1. The number of rotatable bonds is 6. The summed E-state index contributed by atoms with van der Waals surface area (Å²) in [5, 5.41) is 2.87. The zero-order valence-electron chi connectivity index (χ0n) is 17.6. The molecule has 31 heavy (non-hydrogen) atoms. The second-order valence-corrected chi connectivity index (χ2v) is 7.42. The molecule has 1 N–H and O–H groups in total. The number of amides is 2. The van der Waals surface area contributed by atoms with E-state index >= 15 is 0 Å². The maximum Gasteiger partial charge on any atom is 0.344 e. The number of fused-ring (bicyclic) bond motifs is 1. The predicted octanol–water partition coefficient (Wildman–Crippen LogP) is 3.06. The Morgan fingerprint density at radius 2 is 1.87 bits per heavy atom. The van der Waals surface area contributed by atoms with Crippen molar-refractivity contribution in [2.45, 2.75) is 38.5 Å². The van der Waals surface area contributed by atoms with Crippen molar-refractivity contribution in [2.24, 2.45) is 0 Å². The Bertz CT molecular complexity index is 1030. The molecule has 0 radical (unpaired) electrons. The van der Waals surface area contributed by atoms with Crippen LogP contribution in [0.2, 0.25) is 0 Å². The molecule has 0 saturated carbocycles. The third kappa shape index (κ3) is 3.58. The minimum atomic E-state index is -0.990. The molecular formula is C23H24N2O6. The van der Waals surface area contributed by atoms with Gasteiger partial charge in [0.05, 0.1) is 14.2 Å². The summed E-state index contributed by atoms with van der Waals surface area (Å²) in [6, 6.07) is 10.1. The van der Waals surface area contributed by atoms with Gasteiger partial charge in [-0.3, -0.25) is 14.5 Å². The Morgan fingerprint density at radius 3 is 2.52 bits per heavy atom. The number of hydrogen-bond donors (Lipinski definition) is 1. The Morgan fingerprint density at radius 1 is 1.13 bits per heavy atom. The van der Waals surface area contributed by atoms with Crippen LogP contribution in [0.25, 0.3) is 0 Å². The molecule has 2 amide bonds. The van der Waals surface area contributed by atoms with E-state index in [2.05, 4.69) is 12.2 Å². The van der Waals surface area contributed by atoms with Crippen LogP contribution in [0.15, 0.2) is 36.4 Å². The van der Waals surface area contributed by atoms with Crippen LogP contribution in [0, 0.1) is 0 Å². The molecule has 4 rings (SSSR count). The lowest BCUT2D eigenvalue weighted by atomic mass is 10.0. The lowest BCUT2D eigenvalue weighted by molar-refractivity contribution is -0.144. The average Bonchev–Trinajstić information content (AvgIpc) is 3.33. The van der Waals surface area contributed by atoms with E-state index in [4.69, 9.17) is 14.2 Å². The van der Waals surface area contributed by atoms with Gasteiger partial charge in [-0.1, -0.05) is 19.1 Å². The summed E-state index contributed by atoms with van der Waals surface area (Å²) in [6.45, 7) is 2.06. The van der Waals surface area contributed by atoms with E-state index in [1.165, 1.54) is 19.1 Å². The van der Waals surface area contributed by atoms with E-state index in [0.717, 1.165) is 12.0 Å². The van der Waals surface area contributed by atoms with Gasteiger partial charge in [-0.2, -0.15) is 0 Å². The number of carbonyl (C=O) groups excluding carboxylic acids is 3. The summed E-state index contributed by atoms with van der Waals surface area (Å²) in [4.78, 5) is 39.7. The highest BCUT2D eigenvalue weighted by Gasteiger charge is 2.47. The van der Waals surface area contributed by atoms with Gasteiger partial charge in [0.1, 0.15) is 11.6 Å². The van der Waals surface area contributed by atoms with Gasteiger partial charge >= 0.3 is 5.97 Å². The van der Waals surface area contributed by atoms with Gasteiger partial charge in [-0.05, 0) is 42.7 Å². The summed E-state index contributed by atoms with van der Waals surface area (Å²) < 4.78 is 16.1. The Labute approximate surface area is 180 Å². The molecule has 0 unspecified atom stereocenters. The monoisotopic (exact) mass is 424 g/mol. The van der Waals surface area contributed by atoms with Crippen molar-refractivity contribution in [3.05, 3.63) is 53.1 Å². The highest BCUT2D eigenvalue weighted by Crippen LogP contribution is 2.45. The van der Waals surface area contributed by atoms with E-state index < -0.39 is 18.2 Å². The fourth-order valence-electron chi connectivity index (χ4n) is 4.09. The van der Waals surface area contributed by atoms with Crippen LogP contribution in [0.5, 0.6) is 11.5 Å². The van der Waals surface area contributed by atoms with E-state index in [1.54, 1.807) is 12.1 Å². The predicted molar refractivity (Wildman–Crippen MR) is 112 cm³/mol. The van der Waals surface area contributed by atoms with Gasteiger partial charge in [0, 0.05) is 17.7 Å². The Balaban J connectivity index is 1.62. The van der Waals surface area contributed by atoms with Gasteiger partial charge in [-0.15, -0.1) is 0 Å². The number of cyclic esters (lactones) is 1. The standard InChI is InChI=1S/C23H24N2O6/c1-4-13-5-7-14(8-6-13)24-21(27)16-10-12-18(26)25(16)22-15-9-11-17(29-2)20(30-3)19(15)23(28)31-22/h5-9,11,16,22H,4,10,12H2,1-3H3,(H,24,27)/t16-,22-/m1/s1. The van der Waals surface area contributed by atoms with Crippen molar-refractivity contribution in [1.82, 2.24) is 4.90 Å². The first-order chi connectivity index (χ1) is 15.0. The minimum absolute atomic E-state index is 0.198. The maximum absolute atomic E-state index is 13.0. The first-order valence-electron chi connectivity index (χ1n) is 10.1. The molecule has 2 aliphatic heterocycles. The zero-order valence-corrected chi connectivity index (χ0v) is 17.6. The molecule has 2 aromatic rings. The highest BCUT2D eigenvalue weighted by atomic mass is 16.6. The lowest BCUT2D eigenvalue weighted by Gasteiger charge is -2.29. The zero-order chi connectivity index (χ0) is 22.1. The van der Waals surface area contributed by atoms with Crippen LogP contribution in [0.3, 0.4) is 0 Å². The van der Waals surface area contributed by atoms with E-state index in [-0.39, 0.29) is 29.5 Å². The van der Waals surface area contributed by atoms with Crippen molar-refractivity contribution in [3.63, 3.8) is 0 Å². The summed E-state index contributed by atoms with van der Waals surface area (Å²) in [7, 11) is 2.90. The van der Waals surface area contributed by atoms with Gasteiger partial charge < -0.3 is 19.5 Å². The average molecular weight is 424 g/mol. The molecule has 0 bridgehead atoms. The number of carbonyl (C=O) groups is 3. The second-order valence-electron chi connectivity index (χ2n) is 7.42. The molecule has 8 heteroatoms. The van der Waals surface area contributed by atoms with Crippen molar-refractivity contribution in [3.8, 4) is 11.5 Å². The molecular weight excluding hydrogens is 400 g/mol. The summed E-state index contributed by atoms with van der Waals surface area (Å²) in [5.74, 6) is -0.556. The highest BCUT2D eigenvalue weighted by molar-refractivity contribution is 6.01. The fraction of sp³-hybridized carbons (Fsp3) is 0.348. The van der Waals surface area contributed by atoms with Crippen molar-refractivity contribution in [1.29, 1.82) is 0 Å². The van der Waals surface area contributed by atoms with E-state index in [1.807, 2.05) is 24.3 Å². The van der Waals surface area contributed by atoms with Crippen LogP contribution in [-0.4, -0.2) is 42.9 Å². The smallest absolute Gasteiger partial charge is 0.344 e. The molecule has 1 saturated heterocycles. The Kier molecular flexibility index (Phi) is 5.54. The molecule has 0 aromatic heterocycles. The normalized spacial score (nSPS) is 19.8. The Hall–Kier alpha value is -3.55. The van der Waals surface area contributed by atoms with Gasteiger partial charge in [0.25, 0.3) is 0 Å². The van der Waals surface area contributed by atoms with E-state index in [0.29, 0.717) is 23.4 Å². The molecule has 162 valence electrons. The molecule has 2 atom stereocenters. The van der Waals surface area contributed by atoms with Gasteiger partial charge in [-0.25, -0.2) is 4.79 Å². The van der Waals surface area contributed by atoms with Gasteiger partial charge in [0.15, 0.2) is 11.5 Å². The number of esters is 1. The third-order valence-electron chi connectivity index (χ3n) is 5.71. The van der Waals surface area contributed by atoms with E-state index in [9.17, 15) is 14.4 Å². The number of nitrogens with one attached hydrogen (secondary N) is 1. The van der Waals surface area contributed by atoms with Crippen LogP contribution >= 0.6 is 0 Å². The van der Waals surface area contributed by atoms with Crippen molar-refractivity contribution >= 4 is 23.5 Å². The topological polar surface area (TPSA) is 94.2 Å². The molecule has 2 aliphatic rings. The quantitative estimate of drug-likeness (QED) is 0.717. The summed E-state index contributed by atoms with van der Waals surface area (Å²) in [5.41, 5.74) is 2.50. The molecule has 8 nitrogen and oxygen atoms in total. The SMILES string of the molecule is CCc1ccc(NC(=O)[C@H]2CCC(=O)N2[C@@H]2OC(=O)c3c2ccc(OC)c3OC)cc1. The molecule has 2 aromatic carbocycles. The number of benzene rings is 2. The number of anilines is 1. The van der Waals surface area contributed by atoms with Gasteiger partial charge in [0.2, 0.25) is 18.0 Å². The van der Waals surface area contributed by atoms with Crippen LogP contribution in [0.1, 0.15) is 47.5 Å². The third-order valence-corrected chi connectivity index (χ3v) is 5.71. The number of hydrogen-bond acceptors (Lipinski definition) is 6. The number of ether oxygens (including phenoxy) is 3. The largest absolute Gasteiger partial charge is 0.493 e. The minimum Gasteiger partial charge on any atom is -0.493 e. The van der Waals surface area contributed by atoms with Crippen LogP contribution < -0.4 is 14.8 Å². The molecule has 0 aliphatic carbocycles. The number of likely N-dealkylation sites (tertiary alicyclic amines) is 1. The molecule has 1 fully saturated rings. The second kappa shape index (κ2) is 8.29.